The fourth-order valence-electron chi connectivity index (χ4n) is 2.08. The molecule has 5 nitrogen and oxygen atoms in total. The van der Waals surface area contributed by atoms with Gasteiger partial charge in [0.25, 0.3) is 5.56 Å². The van der Waals surface area contributed by atoms with Crippen LogP contribution in [0.1, 0.15) is 24.1 Å². The Morgan fingerprint density at radius 3 is 2.45 bits per heavy atom. The minimum Gasteiger partial charge on any atom is -0.303 e. The van der Waals surface area contributed by atoms with E-state index in [0.717, 1.165) is 5.56 Å². The van der Waals surface area contributed by atoms with Gasteiger partial charge in [-0.05, 0) is 32.8 Å². The van der Waals surface area contributed by atoms with Crippen LogP contribution in [-0.4, -0.2) is 35.2 Å². The van der Waals surface area contributed by atoms with Gasteiger partial charge in [-0.2, -0.15) is 5.26 Å². The molecule has 0 aliphatic rings. The molecular weight excluding hydrogens is 296 g/mol. The van der Waals surface area contributed by atoms with Gasteiger partial charge in [-0.25, -0.2) is 4.98 Å². The molecule has 0 bridgehead atoms. The summed E-state index contributed by atoms with van der Waals surface area (Å²) in [6.07, 6.45) is 1.83. The SMILES string of the molecule is CSc1nc(-c2ccc(C(C)N(C)C)cc2)c(C#N)c(=O)[nH]1. The monoisotopic (exact) mass is 314 g/mol. The van der Waals surface area contributed by atoms with E-state index in [2.05, 4.69) is 21.8 Å². The molecule has 114 valence electrons. The van der Waals surface area contributed by atoms with Crippen LogP contribution in [0.2, 0.25) is 0 Å². The summed E-state index contributed by atoms with van der Waals surface area (Å²) in [5.41, 5.74) is 2.02. The van der Waals surface area contributed by atoms with Crippen LogP contribution in [0, 0.1) is 11.3 Å². The van der Waals surface area contributed by atoms with E-state index >= 15 is 0 Å². The number of nitrogens with zero attached hydrogens (tertiary/aromatic N) is 3. The second kappa shape index (κ2) is 6.77. The first-order valence-corrected chi connectivity index (χ1v) is 8.05. The number of benzene rings is 1. The molecule has 0 saturated heterocycles. The Kier molecular flexibility index (Phi) is 5.01. The van der Waals surface area contributed by atoms with Crippen molar-refractivity contribution in [3.8, 4) is 17.3 Å². The number of nitriles is 1. The van der Waals surface area contributed by atoms with Gasteiger partial charge in [0.05, 0.1) is 5.69 Å². The summed E-state index contributed by atoms with van der Waals surface area (Å²) in [6, 6.07) is 10.1. The van der Waals surface area contributed by atoms with E-state index in [-0.39, 0.29) is 5.56 Å². The van der Waals surface area contributed by atoms with Gasteiger partial charge in [0.2, 0.25) is 0 Å². The quantitative estimate of drug-likeness (QED) is 0.694. The fourth-order valence-corrected chi connectivity index (χ4v) is 2.46. The third-order valence-corrected chi connectivity index (χ3v) is 4.22. The molecular formula is C16H18N4OS. The van der Waals surface area contributed by atoms with Gasteiger partial charge in [0.1, 0.15) is 11.6 Å². The van der Waals surface area contributed by atoms with E-state index in [1.54, 1.807) is 0 Å². The molecule has 1 heterocycles. The highest BCUT2D eigenvalue weighted by Crippen LogP contribution is 2.24. The van der Waals surface area contributed by atoms with Gasteiger partial charge in [-0.1, -0.05) is 36.0 Å². The number of hydrogen-bond donors (Lipinski definition) is 1. The first-order chi connectivity index (χ1) is 10.5. The first kappa shape index (κ1) is 16.3. The molecule has 2 aromatic rings. The molecule has 22 heavy (non-hydrogen) atoms. The summed E-state index contributed by atoms with van der Waals surface area (Å²) in [4.78, 5) is 21.0. The van der Waals surface area contributed by atoms with Crippen LogP contribution >= 0.6 is 11.8 Å². The smallest absolute Gasteiger partial charge is 0.270 e. The lowest BCUT2D eigenvalue weighted by atomic mass is 10.0. The highest BCUT2D eigenvalue weighted by atomic mass is 32.2. The highest BCUT2D eigenvalue weighted by Gasteiger charge is 2.14. The molecule has 1 atom stereocenters. The summed E-state index contributed by atoms with van der Waals surface area (Å²) >= 11 is 1.34. The Hall–Kier alpha value is -2.10. The van der Waals surface area contributed by atoms with Gasteiger partial charge >= 0.3 is 0 Å². The average Bonchev–Trinajstić information content (AvgIpc) is 2.53. The van der Waals surface area contributed by atoms with Crippen molar-refractivity contribution in [2.45, 2.75) is 18.1 Å². The van der Waals surface area contributed by atoms with Crippen LogP contribution in [0.5, 0.6) is 0 Å². The summed E-state index contributed by atoms with van der Waals surface area (Å²) in [6.45, 7) is 2.12. The van der Waals surface area contributed by atoms with Crippen molar-refractivity contribution in [1.29, 1.82) is 5.26 Å². The normalized spacial score (nSPS) is 12.2. The van der Waals surface area contributed by atoms with Crippen LogP contribution in [0.4, 0.5) is 0 Å². The maximum Gasteiger partial charge on any atom is 0.270 e. The minimum absolute atomic E-state index is 0.0474. The maximum absolute atomic E-state index is 12.0. The van der Waals surface area contributed by atoms with Crippen LogP contribution in [0.3, 0.4) is 0 Å². The minimum atomic E-state index is -0.400. The fraction of sp³-hybridized carbons (Fsp3) is 0.312. The molecule has 2 rings (SSSR count). The van der Waals surface area contributed by atoms with Gasteiger partial charge in [-0.15, -0.1) is 0 Å². The summed E-state index contributed by atoms with van der Waals surface area (Å²) < 4.78 is 0. The molecule has 6 heteroatoms. The molecule has 0 spiro atoms. The molecule has 1 N–H and O–H groups in total. The van der Waals surface area contributed by atoms with Crippen molar-refractivity contribution in [3.63, 3.8) is 0 Å². The molecule has 0 aliphatic carbocycles. The zero-order valence-corrected chi connectivity index (χ0v) is 13.9. The molecule has 0 radical (unpaired) electrons. The van der Waals surface area contributed by atoms with E-state index in [1.807, 2.05) is 50.7 Å². The van der Waals surface area contributed by atoms with Gasteiger partial charge in [-0.3, -0.25) is 4.79 Å². The third kappa shape index (κ3) is 3.21. The van der Waals surface area contributed by atoms with Crippen molar-refractivity contribution in [3.05, 3.63) is 45.7 Å². The van der Waals surface area contributed by atoms with Crippen molar-refractivity contribution in [2.75, 3.05) is 20.4 Å². The van der Waals surface area contributed by atoms with Crippen LogP contribution in [0.15, 0.2) is 34.2 Å². The number of nitrogens with one attached hydrogen (secondary N) is 1. The largest absolute Gasteiger partial charge is 0.303 e. The Labute approximate surface area is 134 Å². The second-order valence-corrected chi connectivity index (χ2v) is 5.97. The number of aromatic amines is 1. The van der Waals surface area contributed by atoms with Crippen molar-refractivity contribution in [1.82, 2.24) is 14.9 Å². The Balaban J connectivity index is 2.51. The molecule has 1 aromatic heterocycles. The number of thioether (sulfide) groups is 1. The zero-order valence-electron chi connectivity index (χ0n) is 13.0. The first-order valence-electron chi connectivity index (χ1n) is 6.83. The number of hydrogen-bond acceptors (Lipinski definition) is 5. The van der Waals surface area contributed by atoms with Crippen molar-refractivity contribution < 1.29 is 0 Å². The lowest BCUT2D eigenvalue weighted by Crippen LogP contribution is -2.16. The van der Waals surface area contributed by atoms with E-state index in [9.17, 15) is 10.1 Å². The number of rotatable bonds is 4. The number of H-pyrrole nitrogens is 1. The lowest BCUT2D eigenvalue weighted by Gasteiger charge is -2.20. The number of aromatic nitrogens is 2. The molecule has 1 unspecified atom stereocenters. The van der Waals surface area contributed by atoms with E-state index in [4.69, 9.17) is 0 Å². The molecule has 0 fully saturated rings. The summed E-state index contributed by atoms with van der Waals surface area (Å²) in [7, 11) is 4.05. The average molecular weight is 314 g/mol. The van der Waals surface area contributed by atoms with Gasteiger partial charge in [0, 0.05) is 11.6 Å². The highest BCUT2D eigenvalue weighted by molar-refractivity contribution is 7.98. The van der Waals surface area contributed by atoms with E-state index < -0.39 is 5.56 Å². The molecule has 0 aliphatic heterocycles. The van der Waals surface area contributed by atoms with Crippen molar-refractivity contribution >= 4 is 11.8 Å². The molecule has 0 amide bonds. The van der Waals surface area contributed by atoms with Crippen molar-refractivity contribution in [2.24, 2.45) is 0 Å². The Morgan fingerprint density at radius 2 is 1.95 bits per heavy atom. The summed E-state index contributed by atoms with van der Waals surface area (Å²) in [5, 5.41) is 9.72. The molecule has 0 saturated carbocycles. The predicted octanol–water partition coefficient (Wildman–Crippen LogP) is 2.65. The Bertz CT molecular complexity index is 759. The zero-order chi connectivity index (χ0) is 16.3. The topological polar surface area (TPSA) is 72.8 Å². The maximum atomic E-state index is 12.0. The Morgan fingerprint density at radius 1 is 1.32 bits per heavy atom. The predicted molar refractivity (Wildman–Crippen MR) is 88.9 cm³/mol. The second-order valence-electron chi connectivity index (χ2n) is 5.17. The van der Waals surface area contributed by atoms with Crippen LogP contribution in [0.25, 0.3) is 11.3 Å². The van der Waals surface area contributed by atoms with Crippen LogP contribution < -0.4 is 5.56 Å². The van der Waals surface area contributed by atoms with Gasteiger partial charge < -0.3 is 9.88 Å². The van der Waals surface area contributed by atoms with Gasteiger partial charge in [0.15, 0.2) is 5.16 Å². The lowest BCUT2D eigenvalue weighted by molar-refractivity contribution is 0.321. The van der Waals surface area contributed by atoms with Crippen LogP contribution in [-0.2, 0) is 0 Å². The molecule has 1 aromatic carbocycles. The van der Waals surface area contributed by atoms with E-state index in [1.165, 1.54) is 17.3 Å². The standard InChI is InChI=1S/C16H18N4OS/c1-10(20(2)3)11-5-7-12(8-6-11)14-13(9-17)15(21)19-16(18-14)22-4/h5-8,10H,1-4H3,(H,18,19,21). The summed E-state index contributed by atoms with van der Waals surface area (Å²) in [5.74, 6) is 0. The third-order valence-electron chi connectivity index (χ3n) is 3.64. The van der Waals surface area contributed by atoms with E-state index in [0.29, 0.717) is 16.9 Å².